The number of carbonyl (C=O) groups excluding carboxylic acids is 1. The van der Waals surface area contributed by atoms with Gasteiger partial charge in [0.25, 0.3) is 5.91 Å². The molecule has 1 N–H and O–H groups in total. The first-order valence-electron chi connectivity index (χ1n) is 8.34. The van der Waals surface area contributed by atoms with Gasteiger partial charge in [-0.25, -0.2) is 4.98 Å². The number of rotatable bonds is 5. The fourth-order valence-electron chi connectivity index (χ4n) is 2.64. The van der Waals surface area contributed by atoms with E-state index in [9.17, 15) is 4.79 Å². The van der Waals surface area contributed by atoms with Gasteiger partial charge in [0.15, 0.2) is 11.0 Å². The highest BCUT2D eigenvalue weighted by atomic mass is 32.1. The zero-order chi connectivity index (χ0) is 18.6. The monoisotopic (exact) mass is 376 g/mol. The van der Waals surface area contributed by atoms with Gasteiger partial charge in [-0.15, -0.1) is 16.4 Å². The number of carbonyl (C=O) groups is 1. The molecule has 8 heteroatoms. The summed E-state index contributed by atoms with van der Waals surface area (Å²) in [5, 5.41) is 14.8. The van der Waals surface area contributed by atoms with Crippen LogP contribution in [0.5, 0.6) is 0 Å². The Kier molecular flexibility index (Phi) is 4.71. The van der Waals surface area contributed by atoms with Crippen LogP contribution in [0.1, 0.15) is 26.6 Å². The number of benzene rings is 2. The van der Waals surface area contributed by atoms with Crippen molar-refractivity contribution in [2.75, 3.05) is 5.32 Å². The van der Waals surface area contributed by atoms with Gasteiger partial charge in [0.2, 0.25) is 0 Å². The molecule has 0 saturated carbocycles. The minimum absolute atomic E-state index is 0.199. The van der Waals surface area contributed by atoms with Crippen molar-refractivity contribution in [1.82, 2.24) is 25.2 Å². The third-order valence-corrected chi connectivity index (χ3v) is 4.91. The second-order valence-corrected chi connectivity index (χ2v) is 7.05. The molecule has 1 amide bonds. The molecule has 0 bridgehead atoms. The Morgan fingerprint density at radius 2 is 1.89 bits per heavy atom. The molecule has 134 valence electrons. The van der Waals surface area contributed by atoms with Crippen molar-refractivity contribution in [2.45, 2.75) is 13.3 Å². The fourth-order valence-corrected chi connectivity index (χ4v) is 3.48. The Labute approximate surface area is 159 Å². The van der Waals surface area contributed by atoms with Gasteiger partial charge in [0, 0.05) is 23.1 Å². The summed E-state index contributed by atoms with van der Waals surface area (Å²) in [6.07, 6.45) is 2.60. The quantitative estimate of drug-likeness (QED) is 0.578. The Balaban J connectivity index is 1.43. The molecule has 0 atom stereocenters. The van der Waals surface area contributed by atoms with Gasteiger partial charge in [-0.05, 0) is 47.2 Å². The van der Waals surface area contributed by atoms with Gasteiger partial charge in [0.1, 0.15) is 0 Å². The van der Waals surface area contributed by atoms with Crippen molar-refractivity contribution in [3.8, 4) is 5.69 Å². The van der Waals surface area contributed by atoms with E-state index in [2.05, 4.69) is 38.0 Å². The van der Waals surface area contributed by atoms with Crippen LogP contribution in [0.25, 0.3) is 5.69 Å². The maximum absolute atomic E-state index is 12.5. The number of tetrazole rings is 1. The van der Waals surface area contributed by atoms with Crippen LogP contribution in [0.3, 0.4) is 0 Å². The number of nitrogens with one attached hydrogen (secondary N) is 1. The molecule has 0 saturated heterocycles. The first-order chi connectivity index (χ1) is 13.2. The van der Waals surface area contributed by atoms with Gasteiger partial charge in [-0.1, -0.05) is 30.3 Å². The van der Waals surface area contributed by atoms with E-state index in [1.807, 2.05) is 25.1 Å². The minimum Gasteiger partial charge on any atom is -0.298 e. The number of hydrogen-bond acceptors (Lipinski definition) is 6. The summed E-state index contributed by atoms with van der Waals surface area (Å²) >= 11 is 1.48. The van der Waals surface area contributed by atoms with E-state index in [1.54, 1.807) is 35.1 Å². The maximum atomic E-state index is 12.5. The van der Waals surface area contributed by atoms with Crippen molar-refractivity contribution in [1.29, 1.82) is 0 Å². The minimum atomic E-state index is -0.199. The Morgan fingerprint density at radius 1 is 1.11 bits per heavy atom. The molecular formula is C19H16N6OS. The number of aryl methyl sites for hydroxylation is 1. The van der Waals surface area contributed by atoms with E-state index < -0.39 is 0 Å². The smallest absolute Gasteiger partial charge is 0.257 e. The molecule has 0 aliphatic rings. The van der Waals surface area contributed by atoms with Crippen LogP contribution in [-0.2, 0) is 6.42 Å². The second kappa shape index (κ2) is 7.46. The van der Waals surface area contributed by atoms with Gasteiger partial charge in [0.05, 0.1) is 5.69 Å². The molecule has 0 radical (unpaired) electrons. The highest BCUT2D eigenvalue weighted by Crippen LogP contribution is 2.22. The number of nitrogens with zero attached hydrogens (tertiary/aromatic N) is 5. The van der Waals surface area contributed by atoms with Crippen LogP contribution in [-0.4, -0.2) is 31.1 Å². The summed E-state index contributed by atoms with van der Waals surface area (Å²) < 4.78 is 1.61. The average Bonchev–Trinajstić information content (AvgIpc) is 3.31. The van der Waals surface area contributed by atoms with E-state index in [4.69, 9.17) is 0 Å². The van der Waals surface area contributed by atoms with Crippen LogP contribution < -0.4 is 5.32 Å². The van der Waals surface area contributed by atoms with Crippen molar-refractivity contribution >= 4 is 22.4 Å². The molecule has 4 aromatic rings. The summed E-state index contributed by atoms with van der Waals surface area (Å²) in [7, 11) is 0. The zero-order valence-electron chi connectivity index (χ0n) is 14.5. The van der Waals surface area contributed by atoms with Crippen molar-refractivity contribution in [2.24, 2.45) is 0 Å². The van der Waals surface area contributed by atoms with E-state index in [1.165, 1.54) is 16.9 Å². The summed E-state index contributed by atoms with van der Waals surface area (Å²) in [6.45, 7) is 1.82. The molecule has 0 aliphatic carbocycles. The lowest BCUT2D eigenvalue weighted by Crippen LogP contribution is -2.11. The average molecular weight is 376 g/mol. The predicted molar refractivity (Wildman–Crippen MR) is 103 cm³/mol. The van der Waals surface area contributed by atoms with Gasteiger partial charge < -0.3 is 0 Å². The third-order valence-electron chi connectivity index (χ3n) is 3.99. The standard InChI is InChI=1S/C19H16N6OS/c1-13-22-23-24-25(13)16-9-7-15(8-10-16)18(26)21-19-20-12-17(27-19)11-14-5-3-2-4-6-14/h2-10,12H,11H2,1H3,(H,20,21,26). The topological polar surface area (TPSA) is 85.6 Å². The molecule has 7 nitrogen and oxygen atoms in total. The maximum Gasteiger partial charge on any atom is 0.257 e. The largest absolute Gasteiger partial charge is 0.298 e. The van der Waals surface area contributed by atoms with Crippen molar-refractivity contribution in [3.63, 3.8) is 0 Å². The normalized spacial score (nSPS) is 10.7. The fraction of sp³-hybridized carbons (Fsp3) is 0.105. The molecule has 0 spiro atoms. The Hall–Kier alpha value is -3.39. The molecule has 4 rings (SSSR count). The van der Waals surface area contributed by atoms with E-state index in [0.29, 0.717) is 16.5 Å². The predicted octanol–water partition coefficient (Wildman–Crippen LogP) is 3.27. The van der Waals surface area contributed by atoms with Crippen LogP contribution >= 0.6 is 11.3 Å². The summed E-state index contributed by atoms with van der Waals surface area (Å²) in [5.41, 5.74) is 2.56. The lowest BCUT2D eigenvalue weighted by Gasteiger charge is -2.04. The molecule has 27 heavy (non-hydrogen) atoms. The number of hydrogen-bond donors (Lipinski definition) is 1. The Morgan fingerprint density at radius 3 is 2.59 bits per heavy atom. The lowest BCUT2D eigenvalue weighted by atomic mass is 10.1. The molecule has 2 aromatic heterocycles. The third kappa shape index (κ3) is 3.90. The molecular weight excluding hydrogens is 360 g/mol. The van der Waals surface area contributed by atoms with Crippen LogP contribution in [0.4, 0.5) is 5.13 Å². The lowest BCUT2D eigenvalue weighted by molar-refractivity contribution is 0.102. The van der Waals surface area contributed by atoms with E-state index >= 15 is 0 Å². The first kappa shape index (κ1) is 17.0. The zero-order valence-corrected chi connectivity index (χ0v) is 15.3. The first-order valence-corrected chi connectivity index (χ1v) is 9.16. The highest BCUT2D eigenvalue weighted by Gasteiger charge is 2.11. The number of thiazole rings is 1. The summed E-state index contributed by atoms with van der Waals surface area (Å²) in [6, 6.07) is 17.3. The molecule has 2 aromatic carbocycles. The summed E-state index contributed by atoms with van der Waals surface area (Å²) in [4.78, 5) is 17.9. The van der Waals surface area contributed by atoms with Crippen LogP contribution in [0, 0.1) is 6.92 Å². The summed E-state index contributed by atoms with van der Waals surface area (Å²) in [5.74, 6) is 0.483. The second-order valence-electron chi connectivity index (χ2n) is 5.93. The van der Waals surface area contributed by atoms with E-state index in [0.717, 1.165) is 17.0 Å². The SMILES string of the molecule is Cc1nnnn1-c1ccc(C(=O)Nc2ncc(Cc3ccccc3)s2)cc1. The number of anilines is 1. The van der Waals surface area contributed by atoms with Gasteiger partial charge >= 0.3 is 0 Å². The van der Waals surface area contributed by atoms with Crippen molar-refractivity contribution < 1.29 is 4.79 Å². The van der Waals surface area contributed by atoms with Crippen molar-refractivity contribution in [3.05, 3.63) is 82.6 Å². The number of amides is 1. The van der Waals surface area contributed by atoms with Crippen LogP contribution in [0.15, 0.2) is 60.8 Å². The molecule has 2 heterocycles. The van der Waals surface area contributed by atoms with Crippen LogP contribution in [0.2, 0.25) is 0 Å². The number of aromatic nitrogens is 5. The molecule has 0 aliphatic heterocycles. The van der Waals surface area contributed by atoms with E-state index in [-0.39, 0.29) is 5.91 Å². The Bertz CT molecular complexity index is 1060. The molecule has 0 unspecified atom stereocenters. The molecule has 0 fully saturated rings. The van der Waals surface area contributed by atoms with Gasteiger partial charge in [-0.3, -0.25) is 10.1 Å². The van der Waals surface area contributed by atoms with Gasteiger partial charge in [-0.2, -0.15) is 4.68 Å². The highest BCUT2D eigenvalue weighted by molar-refractivity contribution is 7.15.